The van der Waals surface area contributed by atoms with Crippen LogP contribution in [0.2, 0.25) is 0 Å². The quantitative estimate of drug-likeness (QED) is 0.399. The van der Waals surface area contributed by atoms with Crippen LogP contribution in [-0.4, -0.2) is 57.7 Å². The number of piperidine rings is 1. The second-order valence-electron chi connectivity index (χ2n) is 8.00. The first-order valence-electron chi connectivity index (χ1n) is 10.6. The lowest BCUT2D eigenvalue weighted by Gasteiger charge is -2.30. The van der Waals surface area contributed by atoms with Gasteiger partial charge in [0.05, 0.1) is 22.0 Å². The molecular formula is C23H18BrN5O5S. The van der Waals surface area contributed by atoms with E-state index in [0.717, 1.165) is 3.97 Å². The molecule has 4 aromatic rings. The van der Waals surface area contributed by atoms with Gasteiger partial charge in [-0.05, 0) is 34.1 Å². The van der Waals surface area contributed by atoms with Crippen molar-refractivity contribution in [2.75, 3.05) is 13.1 Å². The molecule has 1 aromatic carbocycles. The number of carbonyl (C=O) groups is 1. The fourth-order valence-electron chi connectivity index (χ4n) is 4.26. The van der Waals surface area contributed by atoms with E-state index in [1.54, 1.807) is 24.3 Å². The number of benzene rings is 1. The molecule has 1 N–H and O–H groups in total. The largest absolute Gasteiger partial charge is 0.486 e. The molecule has 0 atom stereocenters. The summed E-state index contributed by atoms with van der Waals surface area (Å²) in [6, 6.07) is 11.7. The number of fused-ring (bicyclic) bond motifs is 3. The van der Waals surface area contributed by atoms with Crippen LogP contribution < -0.4 is 4.74 Å². The monoisotopic (exact) mass is 555 g/mol. The topological polar surface area (TPSA) is 138 Å². The summed E-state index contributed by atoms with van der Waals surface area (Å²) in [5, 5.41) is 19.9. The Morgan fingerprint density at radius 2 is 1.89 bits per heavy atom. The van der Waals surface area contributed by atoms with Gasteiger partial charge >= 0.3 is 6.09 Å². The summed E-state index contributed by atoms with van der Waals surface area (Å²) < 4.78 is 35.3. The third-order valence-corrected chi connectivity index (χ3v) is 8.06. The molecule has 178 valence electrons. The van der Waals surface area contributed by atoms with Crippen molar-refractivity contribution in [1.29, 1.82) is 5.26 Å². The highest BCUT2D eigenvalue weighted by Gasteiger charge is 2.30. The maximum atomic E-state index is 13.7. The lowest BCUT2D eigenvalue weighted by atomic mass is 10.1. The molecule has 0 bridgehead atoms. The van der Waals surface area contributed by atoms with E-state index in [-0.39, 0.29) is 33.6 Å². The number of hydrogen-bond acceptors (Lipinski definition) is 7. The van der Waals surface area contributed by atoms with Crippen molar-refractivity contribution < 1.29 is 23.1 Å². The molecule has 0 unspecified atom stereocenters. The molecule has 1 saturated heterocycles. The van der Waals surface area contributed by atoms with E-state index in [9.17, 15) is 23.6 Å². The van der Waals surface area contributed by atoms with E-state index in [2.05, 4.69) is 25.9 Å². The summed E-state index contributed by atoms with van der Waals surface area (Å²) in [7, 11) is -4.06. The number of nitrogens with zero attached hydrogens (tertiary/aromatic N) is 5. The van der Waals surface area contributed by atoms with Gasteiger partial charge in [-0.25, -0.2) is 27.2 Å². The van der Waals surface area contributed by atoms with Gasteiger partial charge in [0.15, 0.2) is 17.1 Å². The van der Waals surface area contributed by atoms with Crippen LogP contribution >= 0.6 is 15.9 Å². The Bertz CT molecular complexity index is 1610. The molecule has 12 heteroatoms. The summed E-state index contributed by atoms with van der Waals surface area (Å²) >= 11 is 3.40. The lowest BCUT2D eigenvalue weighted by Crippen LogP contribution is -2.41. The van der Waals surface area contributed by atoms with Crippen LogP contribution in [0, 0.1) is 11.3 Å². The van der Waals surface area contributed by atoms with E-state index >= 15 is 0 Å². The first-order chi connectivity index (χ1) is 16.8. The number of amides is 1. The van der Waals surface area contributed by atoms with Crippen LogP contribution in [0.15, 0.2) is 58.2 Å². The minimum absolute atomic E-state index is 0.00861. The minimum Gasteiger partial charge on any atom is -0.486 e. The van der Waals surface area contributed by atoms with Gasteiger partial charge < -0.3 is 14.7 Å². The maximum Gasteiger partial charge on any atom is 0.407 e. The summed E-state index contributed by atoms with van der Waals surface area (Å²) in [5.74, 6) is 0.158. The lowest BCUT2D eigenvalue weighted by molar-refractivity contribution is 0.0899. The highest BCUT2D eigenvalue weighted by atomic mass is 79.9. The predicted octanol–water partition coefficient (Wildman–Crippen LogP) is 3.98. The SMILES string of the molecule is N#Cc1ncc2c(c1OC1CCN(C(=O)O)CC1)c1cc(Br)cnc1n2S(=O)(=O)c1ccccc1. The third kappa shape index (κ3) is 3.96. The molecule has 4 heterocycles. The molecule has 0 saturated carbocycles. The van der Waals surface area contributed by atoms with Crippen molar-refractivity contribution in [2.45, 2.75) is 23.8 Å². The zero-order valence-corrected chi connectivity index (χ0v) is 20.5. The number of halogens is 1. The molecule has 0 radical (unpaired) electrons. The van der Waals surface area contributed by atoms with Gasteiger partial charge in [0.2, 0.25) is 0 Å². The Hall–Kier alpha value is -3.69. The maximum absolute atomic E-state index is 13.7. The smallest absolute Gasteiger partial charge is 0.407 e. The summed E-state index contributed by atoms with van der Waals surface area (Å²) in [4.78, 5) is 21.2. The Morgan fingerprint density at radius 3 is 2.54 bits per heavy atom. The van der Waals surface area contributed by atoms with E-state index in [1.165, 1.54) is 29.4 Å². The summed E-state index contributed by atoms with van der Waals surface area (Å²) in [6.07, 6.45) is 2.33. The molecule has 1 aliphatic heterocycles. The molecule has 1 fully saturated rings. The van der Waals surface area contributed by atoms with E-state index in [1.807, 2.05) is 6.07 Å². The second kappa shape index (κ2) is 8.83. The Balaban J connectivity index is 1.73. The average Bonchev–Trinajstić information content (AvgIpc) is 3.19. The first-order valence-corrected chi connectivity index (χ1v) is 12.9. The van der Waals surface area contributed by atoms with Crippen molar-refractivity contribution in [3.63, 3.8) is 0 Å². The normalized spacial score (nSPS) is 14.8. The van der Waals surface area contributed by atoms with Gasteiger partial charge in [0, 0.05) is 42.0 Å². The molecule has 1 aliphatic rings. The first kappa shape index (κ1) is 23.1. The van der Waals surface area contributed by atoms with Gasteiger partial charge in [-0.3, -0.25) is 0 Å². The highest BCUT2D eigenvalue weighted by molar-refractivity contribution is 9.10. The Kier molecular flexibility index (Phi) is 5.82. The zero-order valence-electron chi connectivity index (χ0n) is 18.1. The van der Waals surface area contributed by atoms with Crippen molar-refractivity contribution >= 4 is 54.0 Å². The fourth-order valence-corrected chi connectivity index (χ4v) is 6.07. The number of rotatable bonds is 4. The van der Waals surface area contributed by atoms with Crippen molar-refractivity contribution in [3.8, 4) is 11.8 Å². The molecule has 0 spiro atoms. The van der Waals surface area contributed by atoms with Crippen LogP contribution in [-0.2, 0) is 10.0 Å². The van der Waals surface area contributed by atoms with E-state index < -0.39 is 16.1 Å². The van der Waals surface area contributed by atoms with Crippen LogP contribution in [0.25, 0.3) is 21.9 Å². The Morgan fingerprint density at radius 1 is 1.17 bits per heavy atom. The van der Waals surface area contributed by atoms with Crippen LogP contribution in [0.5, 0.6) is 5.75 Å². The molecule has 1 amide bonds. The molecule has 10 nitrogen and oxygen atoms in total. The van der Waals surface area contributed by atoms with Crippen molar-refractivity contribution in [1.82, 2.24) is 18.8 Å². The van der Waals surface area contributed by atoms with Gasteiger partial charge in [0.25, 0.3) is 10.0 Å². The molecule has 3 aromatic heterocycles. The molecule has 0 aliphatic carbocycles. The number of hydrogen-bond donors (Lipinski definition) is 1. The van der Waals surface area contributed by atoms with Crippen LogP contribution in [0.4, 0.5) is 4.79 Å². The summed E-state index contributed by atoms with van der Waals surface area (Å²) in [5.41, 5.74) is 0.412. The number of carboxylic acid groups (broad SMARTS) is 1. The number of pyridine rings is 2. The number of ether oxygens (including phenoxy) is 1. The van der Waals surface area contributed by atoms with Crippen LogP contribution in [0.1, 0.15) is 18.5 Å². The van der Waals surface area contributed by atoms with E-state index in [4.69, 9.17) is 4.74 Å². The highest BCUT2D eigenvalue weighted by Crippen LogP contribution is 2.40. The van der Waals surface area contributed by atoms with Crippen LogP contribution in [0.3, 0.4) is 0 Å². The van der Waals surface area contributed by atoms with Gasteiger partial charge in [-0.15, -0.1) is 0 Å². The predicted molar refractivity (Wildman–Crippen MR) is 130 cm³/mol. The zero-order chi connectivity index (χ0) is 24.7. The summed E-state index contributed by atoms with van der Waals surface area (Å²) in [6.45, 7) is 0.588. The number of aromatic nitrogens is 3. The molecule has 5 rings (SSSR count). The fraction of sp³-hybridized carbons (Fsp3) is 0.217. The number of likely N-dealkylation sites (tertiary alicyclic amines) is 1. The molecule has 35 heavy (non-hydrogen) atoms. The van der Waals surface area contributed by atoms with Gasteiger partial charge in [-0.2, -0.15) is 5.26 Å². The molecular weight excluding hydrogens is 538 g/mol. The van der Waals surface area contributed by atoms with Crippen molar-refractivity contribution in [2.24, 2.45) is 0 Å². The van der Waals surface area contributed by atoms with E-state index in [0.29, 0.717) is 41.2 Å². The third-order valence-electron chi connectivity index (χ3n) is 5.91. The van der Waals surface area contributed by atoms with Crippen molar-refractivity contribution in [3.05, 3.63) is 59.0 Å². The standard InChI is InChI=1S/C23H18BrN5O5S/c24-14-10-17-20-19(29(22(17)27-12-14)35(32,33)16-4-2-1-3-5-16)13-26-18(11-25)21(20)34-15-6-8-28(9-7-15)23(30)31/h1-5,10,12-13,15H,6-9H2,(H,30,31). The average molecular weight is 556 g/mol. The number of nitriles is 1. The van der Waals surface area contributed by atoms with Gasteiger partial charge in [-0.1, -0.05) is 18.2 Å². The second-order valence-corrected chi connectivity index (χ2v) is 10.7. The van der Waals surface area contributed by atoms with Gasteiger partial charge in [0.1, 0.15) is 12.2 Å². The minimum atomic E-state index is -4.06. The Labute approximate surface area is 208 Å².